The predicted molar refractivity (Wildman–Crippen MR) is 63.8 cm³/mol. The number of hydrogen-bond acceptors (Lipinski definition) is 3. The van der Waals surface area contributed by atoms with Crippen LogP contribution in [0.1, 0.15) is 26.2 Å². The highest BCUT2D eigenvalue weighted by Gasteiger charge is 2.44. The molecule has 0 amide bonds. The highest BCUT2D eigenvalue weighted by Crippen LogP contribution is 2.38. The summed E-state index contributed by atoms with van der Waals surface area (Å²) in [5, 5.41) is 0. The normalized spacial score (nSPS) is 35.0. The van der Waals surface area contributed by atoms with Gasteiger partial charge in [-0.2, -0.15) is 0 Å². The number of nitrogens with two attached hydrogens (primary N) is 1. The fourth-order valence-electron chi connectivity index (χ4n) is 2.98. The first-order valence-corrected chi connectivity index (χ1v) is 6.20. The molecule has 1 aliphatic heterocycles. The summed E-state index contributed by atoms with van der Waals surface area (Å²) in [6, 6.07) is 0.708. The molecule has 3 nitrogen and oxygen atoms in total. The minimum Gasteiger partial charge on any atom is -0.329 e. The van der Waals surface area contributed by atoms with Gasteiger partial charge in [-0.1, -0.05) is 0 Å². The van der Waals surface area contributed by atoms with Crippen molar-refractivity contribution in [3.05, 3.63) is 0 Å². The molecule has 0 aromatic rings. The van der Waals surface area contributed by atoms with E-state index in [1.165, 1.54) is 25.8 Å². The van der Waals surface area contributed by atoms with Crippen LogP contribution in [-0.2, 0) is 0 Å². The van der Waals surface area contributed by atoms with Gasteiger partial charge in [-0.3, -0.25) is 4.90 Å². The highest BCUT2D eigenvalue weighted by atomic mass is 15.3. The van der Waals surface area contributed by atoms with E-state index in [0.717, 1.165) is 19.0 Å². The molecule has 0 radical (unpaired) electrons. The van der Waals surface area contributed by atoms with Crippen LogP contribution in [0.2, 0.25) is 0 Å². The van der Waals surface area contributed by atoms with Crippen LogP contribution in [0.25, 0.3) is 0 Å². The van der Waals surface area contributed by atoms with Crippen LogP contribution in [0.4, 0.5) is 0 Å². The third-order valence-electron chi connectivity index (χ3n) is 4.57. The lowest BCUT2D eigenvalue weighted by molar-refractivity contribution is 0.0818. The van der Waals surface area contributed by atoms with Crippen molar-refractivity contribution in [1.29, 1.82) is 0 Å². The molecule has 2 atom stereocenters. The Balaban J connectivity index is 2.04. The van der Waals surface area contributed by atoms with E-state index in [1.54, 1.807) is 0 Å². The van der Waals surface area contributed by atoms with Gasteiger partial charge in [0.25, 0.3) is 0 Å². The first-order chi connectivity index (χ1) is 7.09. The minimum absolute atomic E-state index is 0.247. The third kappa shape index (κ3) is 2.05. The van der Waals surface area contributed by atoms with Gasteiger partial charge in [0.1, 0.15) is 0 Å². The van der Waals surface area contributed by atoms with Gasteiger partial charge in [-0.25, -0.2) is 0 Å². The lowest BCUT2D eigenvalue weighted by Crippen LogP contribution is -2.57. The van der Waals surface area contributed by atoms with E-state index in [0.29, 0.717) is 6.04 Å². The Morgan fingerprint density at radius 2 is 2.20 bits per heavy atom. The van der Waals surface area contributed by atoms with Gasteiger partial charge < -0.3 is 10.6 Å². The van der Waals surface area contributed by atoms with Gasteiger partial charge in [-0.15, -0.1) is 0 Å². The number of nitrogens with zero attached hydrogens (tertiary/aromatic N) is 2. The molecule has 1 saturated heterocycles. The number of hydrogen-bond donors (Lipinski definition) is 1. The Hall–Kier alpha value is -0.120. The number of rotatable bonds is 4. The van der Waals surface area contributed by atoms with Crippen molar-refractivity contribution in [1.82, 2.24) is 9.80 Å². The molecular weight excluding hydrogens is 186 g/mol. The summed E-state index contributed by atoms with van der Waals surface area (Å²) < 4.78 is 0. The average Bonchev–Trinajstić information content (AvgIpc) is 3.01. The van der Waals surface area contributed by atoms with Crippen LogP contribution in [0.15, 0.2) is 0 Å². The van der Waals surface area contributed by atoms with E-state index < -0.39 is 0 Å². The Morgan fingerprint density at radius 1 is 1.53 bits per heavy atom. The maximum absolute atomic E-state index is 6.02. The molecule has 2 unspecified atom stereocenters. The van der Waals surface area contributed by atoms with E-state index >= 15 is 0 Å². The van der Waals surface area contributed by atoms with Gasteiger partial charge >= 0.3 is 0 Å². The van der Waals surface area contributed by atoms with Gasteiger partial charge in [0, 0.05) is 24.7 Å². The van der Waals surface area contributed by atoms with Gasteiger partial charge in [0.05, 0.1) is 0 Å². The number of likely N-dealkylation sites (N-methyl/N-ethyl adjacent to an activating group) is 2. The maximum atomic E-state index is 6.02. The lowest BCUT2D eigenvalue weighted by Gasteiger charge is -2.42. The van der Waals surface area contributed by atoms with Crippen LogP contribution in [0, 0.1) is 5.92 Å². The Kier molecular flexibility index (Phi) is 3.06. The fraction of sp³-hybridized carbons (Fsp3) is 1.00. The zero-order chi connectivity index (χ0) is 11.1. The van der Waals surface area contributed by atoms with Crippen molar-refractivity contribution >= 4 is 0 Å². The molecule has 0 spiro atoms. The second kappa shape index (κ2) is 4.04. The van der Waals surface area contributed by atoms with Crippen molar-refractivity contribution in [3.8, 4) is 0 Å². The average molecular weight is 211 g/mol. The van der Waals surface area contributed by atoms with E-state index in [9.17, 15) is 0 Å². The summed E-state index contributed by atoms with van der Waals surface area (Å²) in [7, 11) is 4.47. The quantitative estimate of drug-likeness (QED) is 0.745. The fourth-order valence-corrected chi connectivity index (χ4v) is 2.98. The predicted octanol–water partition coefficient (Wildman–Crippen LogP) is 0.750. The Morgan fingerprint density at radius 3 is 2.60 bits per heavy atom. The standard InChI is InChI=1S/C12H25N3/c1-10(11-4-5-11)15(3)12(8-13)6-7-14(2)9-12/h10-11H,4-9,13H2,1-3H3. The summed E-state index contributed by atoms with van der Waals surface area (Å²) in [6.45, 7) is 5.49. The monoisotopic (exact) mass is 211 g/mol. The van der Waals surface area contributed by atoms with Crippen LogP contribution in [0.5, 0.6) is 0 Å². The zero-order valence-electron chi connectivity index (χ0n) is 10.4. The molecule has 15 heavy (non-hydrogen) atoms. The Labute approximate surface area is 93.6 Å². The molecule has 2 aliphatic rings. The topological polar surface area (TPSA) is 32.5 Å². The van der Waals surface area contributed by atoms with E-state index in [1.807, 2.05) is 0 Å². The van der Waals surface area contributed by atoms with Crippen molar-refractivity contribution < 1.29 is 0 Å². The molecule has 1 saturated carbocycles. The molecule has 0 aromatic heterocycles. The first kappa shape index (κ1) is 11.4. The molecule has 3 heteroatoms. The van der Waals surface area contributed by atoms with Gasteiger partial charge in [0.2, 0.25) is 0 Å². The van der Waals surface area contributed by atoms with Crippen molar-refractivity contribution in [3.63, 3.8) is 0 Å². The molecule has 88 valence electrons. The summed E-state index contributed by atoms with van der Waals surface area (Å²) >= 11 is 0. The third-order valence-corrected chi connectivity index (χ3v) is 4.57. The molecule has 1 heterocycles. The molecule has 0 aromatic carbocycles. The summed E-state index contributed by atoms with van der Waals surface area (Å²) in [6.07, 6.45) is 4.07. The maximum Gasteiger partial charge on any atom is 0.0470 e. The molecule has 2 rings (SSSR count). The molecule has 0 bridgehead atoms. The smallest absolute Gasteiger partial charge is 0.0470 e. The van der Waals surface area contributed by atoms with Crippen molar-refractivity contribution in [2.75, 3.05) is 33.7 Å². The highest BCUT2D eigenvalue weighted by molar-refractivity contribution is 5.01. The van der Waals surface area contributed by atoms with Gasteiger partial charge in [-0.05, 0) is 52.7 Å². The molecular formula is C12H25N3. The van der Waals surface area contributed by atoms with E-state index in [2.05, 4.69) is 30.8 Å². The summed E-state index contributed by atoms with van der Waals surface area (Å²) in [4.78, 5) is 4.97. The minimum atomic E-state index is 0.247. The van der Waals surface area contributed by atoms with Gasteiger partial charge in [0.15, 0.2) is 0 Å². The van der Waals surface area contributed by atoms with Crippen molar-refractivity contribution in [2.45, 2.75) is 37.8 Å². The van der Waals surface area contributed by atoms with Crippen molar-refractivity contribution in [2.24, 2.45) is 11.7 Å². The molecule has 2 fully saturated rings. The summed E-state index contributed by atoms with van der Waals surface area (Å²) in [5.74, 6) is 0.935. The SMILES string of the molecule is CC(C1CC1)N(C)C1(CN)CCN(C)C1. The lowest BCUT2D eigenvalue weighted by atomic mass is 9.94. The molecule has 2 N–H and O–H groups in total. The van der Waals surface area contributed by atoms with E-state index in [4.69, 9.17) is 5.73 Å². The second-order valence-corrected chi connectivity index (χ2v) is 5.61. The second-order valence-electron chi connectivity index (χ2n) is 5.61. The number of likely N-dealkylation sites (tertiary alicyclic amines) is 1. The zero-order valence-corrected chi connectivity index (χ0v) is 10.4. The van der Waals surface area contributed by atoms with Crippen LogP contribution in [-0.4, -0.2) is 55.1 Å². The largest absolute Gasteiger partial charge is 0.329 e. The van der Waals surface area contributed by atoms with E-state index in [-0.39, 0.29) is 5.54 Å². The summed E-state index contributed by atoms with van der Waals surface area (Å²) in [5.41, 5.74) is 6.27. The van der Waals surface area contributed by atoms with Crippen LogP contribution in [0.3, 0.4) is 0 Å². The first-order valence-electron chi connectivity index (χ1n) is 6.20. The van der Waals surface area contributed by atoms with Crippen LogP contribution >= 0.6 is 0 Å². The Bertz CT molecular complexity index is 227. The van der Waals surface area contributed by atoms with Crippen LogP contribution < -0.4 is 5.73 Å². The molecule has 1 aliphatic carbocycles.